The number of carbonyl (C=O) groups excluding carboxylic acids is 1. The van der Waals surface area contributed by atoms with Crippen LogP contribution in [0.4, 0.5) is 26.3 Å². The summed E-state index contributed by atoms with van der Waals surface area (Å²) in [5.41, 5.74) is 0.332. The Morgan fingerprint density at radius 2 is 1.25 bits per heavy atom. The maximum absolute atomic E-state index is 13.4. The zero-order chi connectivity index (χ0) is 28.9. The van der Waals surface area contributed by atoms with Gasteiger partial charge in [-0.25, -0.2) is 4.79 Å². The van der Waals surface area contributed by atoms with E-state index in [1.807, 2.05) is 0 Å². The van der Waals surface area contributed by atoms with Crippen LogP contribution < -0.4 is 9.47 Å². The topological polar surface area (TPSA) is 44.8 Å². The summed E-state index contributed by atoms with van der Waals surface area (Å²) in [6.45, 7) is -0.488. The van der Waals surface area contributed by atoms with Crippen LogP contribution in [0.2, 0.25) is 0 Å². The molecule has 0 atom stereocenters. The average Bonchev–Trinajstić information content (AvgIpc) is 2.94. The Labute approximate surface area is 225 Å². The van der Waals surface area contributed by atoms with E-state index in [9.17, 15) is 31.1 Å². The van der Waals surface area contributed by atoms with E-state index in [2.05, 4.69) is 0 Å². The van der Waals surface area contributed by atoms with Crippen molar-refractivity contribution < 1.29 is 45.3 Å². The second-order valence-corrected chi connectivity index (χ2v) is 8.63. The second kappa shape index (κ2) is 11.7. The number of esters is 1. The van der Waals surface area contributed by atoms with E-state index in [-0.39, 0.29) is 30.3 Å². The van der Waals surface area contributed by atoms with Gasteiger partial charge in [0, 0.05) is 0 Å². The van der Waals surface area contributed by atoms with Gasteiger partial charge in [0.15, 0.2) is 0 Å². The number of rotatable bonds is 8. The normalized spacial score (nSPS) is 11.7. The Kier molecular flexibility index (Phi) is 8.37. The standard InChI is InChI=1S/C30H22F6O4/c1-38-28(37)21-8-6-7-20(16-21)23-15-19(17-39-26-11-4-2-9-24(26)29(31,32)33)13-14-22(23)18-40-27-12-5-3-10-25(27)30(34,35)36/h2-16H,17-18H2,1H3. The van der Waals surface area contributed by atoms with Gasteiger partial charge >= 0.3 is 18.3 Å². The van der Waals surface area contributed by atoms with Crippen molar-refractivity contribution >= 4 is 5.97 Å². The summed E-state index contributed by atoms with van der Waals surface area (Å²) in [6, 6.07) is 20.8. The summed E-state index contributed by atoms with van der Waals surface area (Å²) in [7, 11) is 1.23. The Morgan fingerprint density at radius 3 is 1.82 bits per heavy atom. The van der Waals surface area contributed by atoms with Crippen LogP contribution in [0.5, 0.6) is 11.5 Å². The molecule has 4 aromatic rings. The van der Waals surface area contributed by atoms with E-state index in [1.54, 1.807) is 30.3 Å². The van der Waals surface area contributed by atoms with Crippen molar-refractivity contribution in [2.75, 3.05) is 7.11 Å². The van der Waals surface area contributed by atoms with Gasteiger partial charge in [-0.2, -0.15) is 26.3 Å². The van der Waals surface area contributed by atoms with Crippen LogP contribution in [-0.2, 0) is 30.3 Å². The molecule has 0 heterocycles. The smallest absolute Gasteiger partial charge is 0.419 e. The fourth-order valence-corrected chi connectivity index (χ4v) is 4.01. The van der Waals surface area contributed by atoms with Crippen LogP contribution in [-0.4, -0.2) is 13.1 Å². The van der Waals surface area contributed by atoms with Gasteiger partial charge in [0.05, 0.1) is 23.8 Å². The van der Waals surface area contributed by atoms with Crippen LogP contribution in [0, 0.1) is 0 Å². The molecular formula is C30H22F6O4. The van der Waals surface area contributed by atoms with Crippen molar-refractivity contribution in [3.63, 3.8) is 0 Å². The van der Waals surface area contributed by atoms with E-state index in [0.717, 1.165) is 12.1 Å². The number of hydrogen-bond acceptors (Lipinski definition) is 4. The van der Waals surface area contributed by atoms with Crippen LogP contribution in [0.25, 0.3) is 11.1 Å². The molecule has 0 amide bonds. The highest BCUT2D eigenvalue weighted by Gasteiger charge is 2.35. The molecule has 208 valence electrons. The first-order valence-corrected chi connectivity index (χ1v) is 11.9. The molecule has 0 fully saturated rings. The molecule has 0 aromatic heterocycles. The molecule has 0 aliphatic heterocycles. The molecular weight excluding hydrogens is 538 g/mol. The lowest BCUT2D eigenvalue weighted by Crippen LogP contribution is -2.09. The maximum atomic E-state index is 13.4. The number of hydrogen-bond donors (Lipinski definition) is 0. The number of ether oxygens (including phenoxy) is 3. The Hall–Kier alpha value is -4.47. The first-order chi connectivity index (χ1) is 19.0. The van der Waals surface area contributed by atoms with Gasteiger partial charge in [-0.3, -0.25) is 0 Å². The van der Waals surface area contributed by atoms with Crippen LogP contribution in [0.1, 0.15) is 32.6 Å². The predicted molar refractivity (Wildman–Crippen MR) is 135 cm³/mol. The summed E-state index contributed by atoms with van der Waals surface area (Å²) in [5, 5.41) is 0. The highest BCUT2D eigenvalue weighted by Crippen LogP contribution is 2.38. The number of alkyl halides is 6. The van der Waals surface area contributed by atoms with Crippen molar-refractivity contribution in [2.24, 2.45) is 0 Å². The SMILES string of the molecule is COC(=O)c1cccc(-c2cc(COc3ccccc3C(F)(F)F)ccc2COc2ccccc2C(F)(F)F)c1. The molecule has 4 aromatic carbocycles. The minimum Gasteiger partial charge on any atom is -0.488 e. The molecule has 0 saturated heterocycles. The fraction of sp³-hybridized carbons (Fsp3) is 0.167. The lowest BCUT2D eigenvalue weighted by Gasteiger charge is -2.17. The molecule has 0 unspecified atom stereocenters. The first-order valence-electron chi connectivity index (χ1n) is 11.9. The highest BCUT2D eigenvalue weighted by molar-refractivity contribution is 5.91. The monoisotopic (exact) mass is 560 g/mol. The second-order valence-electron chi connectivity index (χ2n) is 8.63. The molecule has 10 heteroatoms. The molecule has 0 aliphatic rings. The quantitative estimate of drug-likeness (QED) is 0.161. The van der Waals surface area contributed by atoms with E-state index < -0.39 is 29.4 Å². The zero-order valence-electron chi connectivity index (χ0n) is 21.0. The first kappa shape index (κ1) is 28.5. The van der Waals surface area contributed by atoms with Gasteiger partial charge in [-0.1, -0.05) is 48.5 Å². The van der Waals surface area contributed by atoms with Crippen molar-refractivity contribution in [2.45, 2.75) is 25.6 Å². The molecule has 4 rings (SSSR count). The lowest BCUT2D eigenvalue weighted by molar-refractivity contribution is -0.139. The third kappa shape index (κ3) is 6.74. The van der Waals surface area contributed by atoms with Gasteiger partial charge in [-0.15, -0.1) is 0 Å². The van der Waals surface area contributed by atoms with E-state index in [4.69, 9.17) is 14.2 Å². The number of para-hydroxylation sites is 2. The molecule has 4 nitrogen and oxygen atoms in total. The number of carbonyl (C=O) groups is 1. The number of benzene rings is 4. The summed E-state index contributed by atoms with van der Waals surface area (Å²) >= 11 is 0. The van der Waals surface area contributed by atoms with E-state index >= 15 is 0 Å². The van der Waals surface area contributed by atoms with Crippen molar-refractivity contribution in [3.05, 3.63) is 119 Å². The molecule has 0 saturated carbocycles. The molecule has 0 aliphatic carbocycles. The highest BCUT2D eigenvalue weighted by atomic mass is 19.4. The summed E-state index contributed by atoms with van der Waals surface area (Å²) < 4.78 is 96.3. The zero-order valence-corrected chi connectivity index (χ0v) is 21.0. The van der Waals surface area contributed by atoms with E-state index in [1.165, 1.54) is 55.6 Å². The number of methoxy groups -OCH3 is 1. The molecule has 40 heavy (non-hydrogen) atoms. The minimum atomic E-state index is -4.62. The third-order valence-corrected chi connectivity index (χ3v) is 5.93. The van der Waals surface area contributed by atoms with Crippen molar-refractivity contribution in [1.29, 1.82) is 0 Å². The fourth-order valence-electron chi connectivity index (χ4n) is 4.01. The van der Waals surface area contributed by atoms with Gasteiger partial charge in [0.2, 0.25) is 0 Å². The summed E-state index contributed by atoms with van der Waals surface area (Å²) in [5.74, 6) is -1.30. The van der Waals surface area contributed by atoms with Gasteiger partial charge in [0.25, 0.3) is 0 Å². The number of halogens is 6. The predicted octanol–water partition coefficient (Wildman–Crippen LogP) is 8.34. The minimum absolute atomic E-state index is 0.227. The molecule has 0 bridgehead atoms. The average molecular weight is 560 g/mol. The Balaban J connectivity index is 1.68. The summed E-state index contributed by atoms with van der Waals surface area (Å²) in [6.07, 6.45) is -9.23. The summed E-state index contributed by atoms with van der Waals surface area (Å²) in [4.78, 5) is 12.1. The van der Waals surface area contributed by atoms with Crippen molar-refractivity contribution in [1.82, 2.24) is 0 Å². The van der Waals surface area contributed by atoms with Crippen molar-refractivity contribution in [3.8, 4) is 22.6 Å². The Morgan fingerprint density at radius 1 is 0.675 bits per heavy atom. The van der Waals surface area contributed by atoms with Crippen LogP contribution in [0.15, 0.2) is 91.0 Å². The lowest BCUT2D eigenvalue weighted by atomic mass is 9.96. The Bertz CT molecular complexity index is 1490. The van der Waals surface area contributed by atoms with Crippen LogP contribution in [0.3, 0.4) is 0 Å². The molecule has 0 radical (unpaired) electrons. The van der Waals surface area contributed by atoms with Crippen LogP contribution >= 0.6 is 0 Å². The largest absolute Gasteiger partial charge is 0.488 e. The van der Waals surface area contributed by atoms with Gasteiger partial charge in [0.1, 0.15) is 24.7 Å². The third-order valence-electron chi connectivity index (χ3n) is 5.93. The van der Waals surface area contributed by atoms with Gasteiger partial charge < -0.3 is 14.2 Å². The molecule has 0 N–H and O–H groups in total. The van der Waals surface area contributed by atoms with E-state index in [0.29, 0.717) is 22.3 Å². The van der Waals surface area contributed by atoms with Gasteiger partial charge in [-0.05, 0) is 64.7 Å². The maximum Gasteiger partial charge on any atom is 0.419 e. The molecule has 0 spiro atoms.